The fourth-order valence-electron chi connectivity index (χ4n) is 1.41. The first kappa shape index (κ1) is 13.4. The fourth-order valence-corrected chi connectivity index (χ4v) is 1.41. The molecule has 0 rings (SSSR count). The van der Waals surface area contributed by atoms with Crippen molar-refractivity contribution in [2.24, 2.45) is 0 Å². The largest absolute Gasteiger partial charge is 0.438 e. The summed E-state index contributed by atoms with van der Waals surface area (Å²) in [5, 5.41) is 9.04. The Balaban J connectivity index is 3.01. The van der Waals surface area contributed by atoms with Crippen LogP contribution in [0.2, 0.25) is 0 Å². The number of aliphatic hydroxyl groups is 1. The van der Waals surface area contributed by atoms with Gasteiger partial charge in [-0.1, -0.05) is 45.4 Å². The summed E-state index contributed by atoms with van der Waals surface area (Å²) in [5.41, 5.74) is 0. The Morgan fingerprint density at radius 2 is 1.71 bits per heavy atom. The predicted molar refractivity (Wildman–Crippen MR) is 55.8 cm³/mol. The normalized spacial score (nSPS) is 12.4. The lowest BCUT2D eigenvalue weighted by Gasteiger charge is -2.07. The molecule has 3 heteroatoms. The Morgan fingerprint density at radius 1 is 1.14 bits per heavy atom. The molecule has 0 bridgehead atoms. The number of unbranched alkanes of at least 4 members (excludes halogenated alkanes) is 6. The number of carbonyl (C=O) groups is 1. The van der Waals surface area contributed by atoms with Crippen LogP contribution in [0.5, 0.6) is 0 Å². The van der Waals surface area contributed by atoms with Crippen molar-refractivity contribution < 1.29 is 14.6 Å². The van der Waals surface area contributed by atoms with Crippen molar-refractivity contribution in [1.82, 2.24) is 0 Å². The Kier molecular flexibility index (Phi) is 10.1. The van der Waals surface area contributed by atoms with Crippen molar-refractivity contribution >= 4 is 6.47 Å². The van der Waals surface area contributed by atoms with Crippen molar-refractivity contribution in [2.45, 2.75) is 64.6 Å². The third-order valence-corrected chi connectivity index (χ3v) is 2.27. The van der Waals surface area contributed by atoms with Crippen LogP contribution in [0.3, 0.4) is 0 Å². The quantitative estimate of drug-likeness (QED) is 0.336. The van der Waals surface area contributed by atoms with Gasteiger partial charge in [0.2, 0.25) is 0 Å². The van der Waals surface area contributed by atoms with E-state index in [1.807, 2.05) is 0 Å². The minimum Gasteiger partial charge on any atom is -0.438 e. The highest BCUT2D eigenvalue weighted by Gasteiger charge is 2.01. The molecule has 1 N–H and O–H groups in total. The zero-order chi connectivity index (χ0) is 10.6. The summed E-state index contributed by atoms with van der Waals surface area (Å²) in [5.74, 6) is 0. The summed E-state index contributed by atoms with van der Waals surface area (Å²) in [6.45, 7) is 2.50. The number of hydrogen-bond acceptors (Lipinski definition) is 3. The third kappa shape index (κ3) is 9.52. The number of ether oxygens (including phenoxy) is 1. The highest BCUT2D eigenvalue weighted by atomic mass is 16.6. The van der Waals surface area contributed by atoms with Crippen LogP contribution in [-0.2, 0) is 9.53 Å². The van der Waals surface area contributed by atoms with Gasteiger partial charge in [-0.3, -0.25) is 4.79 Å². The summed E-state index contributed by atoms with van der Waals surface area (Å²) in [4.78, 5) is 9.84. The highest BCUT2D eigenvalue weighted by Crippen LogP contribution is 2.09. The van der Waals surface area contributed by atoms with Gasteiger partial charge in [0.1, 0.15) is 0 Å². The molecule has 84 valence electrons. The third-order valence-electron chi connectivity index (χ3n) is 2.27. The van der Waals surface area contributed by atoms with E-state index in [-0.39, 0.29) is 0 Å². The Labute approximate surface area is 86.5 Å². The van der Waals surface area contributed by atoms with E-state index in [1.54, 1.807) is 0 Å². The van der Waals surface area contributed by atoms with Gasteiger partial charge in [0.25, 0.3) is 6.47 Å². The van der Waals surface area contributed by atoms with Crippen molar-refractivity contribution in [3.63, 3.8) is 0 Å². The zero-order valence-corrected chi connectivity index (χ0v) is 9.08. The molecule has 0 saturated carbocycles. The SMILES string of the molecule is CCCCCCCCCC(O)OC=O. The molecule has 0 saturated heterocycles. The van der Waals surface area contributed by atoms with Gasteiger partial charge in [-0.15, -0.1) is 0 Å². The van der Waals surface area contributed by atoms with E-state index in [4.69, 9.17) is 5.11 Å². The predicted octanol–water partition coefficient (Wildman–Crippen LogP) is 2.62. The van der Waals surface area contributed by atoms with Gasteiger partial charge < -0.3 is 9.84 Å². The first-order valence-corrected chi connectivity index (χ1v) is 5.58. The van der Waals surface area contributed by atoms with Crippen molar-refractivity contribution in [3.05, 3.63) is 0 Å². The van der Waals surface area contributed by atoms with E-state index in [0.29, 0.717) is 12.9 Å². The first-order chi connectivity index (χ1) is 6.81. The molecule has 0 amide bonds. The summed E-state index contributed by atoms with van der Waals surface area (Å²) in [7, 11) is 0. The molecule has 0 aliphatic carbocycles. The van der Waals surface area contributed by atoms with Gasteiger partial charge in [-0.2, -0.15) is 0 Å². The lowest BCUT2D eigenvalue weighted by molar-refractivity contribution is -0.152. The summed E-state index contributed by atoms with van der Waals surface area (Å²) < 4.78 is 4.36. The van der Waals surface area contributed by atoms with E-state index >= 15 is 0 Å². The second-order valence-electron chi connectivity index (χ2n) is 3.60. The summed E-state index contributed by atoms with van der Waals surface area (Å²) in [6, 6.07) is 0. The molecule has 1 unspecified atom stereocenters. The zero-order valence-electron chi connectivity index (χ0n) is 9.08. The van der Waals surface area contributed by atoms with E-state index in [1.165, 1.54) is 32.1 Å². The highest BCUT2D eigenvalue weighted by molar-refractivity contribution is 5.37. The summed E-state index contributed by atoms with van der Waals surface area (Å²) >= 11 is 0. The van der Waals surface area contributed by atoms with Gasteiger partial charge in [-0.05, 0) is 6.42 Å². The lowest BCUT2D eigenvalue weighted by atomic mass is 10.1. The van der Waals surface area contributed by atoms with Gasteiger partial charge in [-0.25, -0.2) is 0 Å². The van der Waals surface area contributed by atoms with Crippen molar-refractivity contribution in [2.75, 3.05) is 0 Å². The Bertz CT molecular complexity index is 126. The van der Waals surface area contributed by atoms with E-state index in [9.17, 15) is 4.79 Å². The minimum atomic E-state index is -0.900. The van der Waals surface area contributed by atoms with Gasteiger partial charge in [0, 0.05) is 6.42 Å². The second-order valence-corrected chi connectivity index (χ2v) is 3.60. The molecule has 0 radical (unpaired) electrons. The van der Waals surface area contributed by atoms with Crippen LogP contribution in [0, 0.1) is 0 Å². The molecule has 0 spiro atoms. The average molecular weight is 202 g/mol. The van der Waals surface area contributed by atoms with Crippen LogP contribution in [0.1, 0.15) is 58.3 Å². The molecule has 0 fully saturated rings. The summed E-state index contributed by atoms with van der Waals surface area (Å²) in [6.07, 6.45) is 8.10. The van der Waals surface area contributed by atoms with Gasteiger partial charge in [0.15, 0.2) is 6.29 Å². The minimum absolute atomic E-state index is 0.298. The smallest absolute Gasteiger partial charge is 0.295 e. The Morgan fingerprint density at radius 3 is 2.29 bits per heavy atom. The van der Waals surface area contributed by atoms with E-state index < -0.39 is 6.29 Å². The van der Waals surface area contributed by atoms with Crippen LogP contribution in [-0.4, -0.2) is 17.9 Å². The monoisotopic (exact) mass is 202 g/mol. The molecule has 0 aromatic heterocycles. The van der Waals surface area contributed by atoms with Crippen molar-refractivity contribution in [1.29, 1.82) is 0 Å². The molecule has 1 atom stereocenters. The molecule has 0 aliphatic heterocycles. The van der Waals surface area contributed by atoms with Crippen molar-refractivity contribution in [3.8, 4) is 0 Å². The molecular formula is C11H22O3. The van der Waals surface area contributed by atoms with Crippen LogP contribution >= 0.6 is 0 Å². The van der Waals surface area contributed by atoms with Gasteiger partial charge >= 0.3 is 0 Å². The van der Waals surface area contributed by atoms with Gasteiger partial charge in [0.05, 0.1) is 0 Å². The topological polar surface area (TPSA) is 46.5 Å². The second kappa shape index (κ2) is 10.5. The average Bonchev–Trinajstić information content (AvgIpc) is 2.17. The lowest BCUT2D eigenvalue weighted by Crippen LogP contribution is -2.09. The molecule has 0 heterocycles. The number of rotatable bonds is 10. The van der Waals surface area contributed by atoms with E-state index in [2.05, 4.69) is 11.7 Å². The van der Waals surface area contributed by atoms with Crippen LogP contribution < -0.4 is 0 Å². The number of carbonyl (C=O) groups excluding carboxylic acids is 1. The molecule has 0 aromatic rings. The van der Waals surface area contributed by atoms with Crippen LogP contribution in [0.4, 0.5) is 0 Å². The maximum absolute atomic E-state index is 9.84. The van der Waals surface area contributed by atoms with Crippen LogP contribution in [0.25, 0.3) is 0 Å². The number of aliphatic hydroxyl groups excluding tert-OH is 1. The maximum atomic E-state index is 9.84. The molecule has 3 nitrogen and oxygen atoms in total. The standard InChI is InChI=1S/C11H22O3/c1-2-3-4-5-6-7-8-9-11(13)14-10-12/h10-11,13H,2-9H2,1H3. The number of hydrogen-bond donors (Lipinski definition) is 1. The molecule has 14 heavy (non-hydrogen) atoms. The maximum Gasteiger partial charge on any atom is 0.295 e. The molecule has 0 aliphatic rings. The first-order valence-electron chi connectivity index (χ1n) is 5.58. The fraction of sp³-hybridized carbons (Fsp3) is 0.909. The van der Waals surface area contributed by atoms with E-state index in [0.717, 1.165) is 12.8 Å². The Hall–Kier alpha value is -0.570. The molecular weight excluding hydrogens is 180 g/mol. The molecule has 0 aromatic carbocycles. The van der Waals surface area contributed by atoms with Crippen LogP contribution in [0.15, 0.2) is 0 Å².